The lowest BCUT2D eigenvalue weighted by Gasteiger charge is -2.55. The number of nitrogens with zero attached hydrogens (tertiary/aromatic N) is 3. The molecule has 306 valence electrons. The van der Waals surface area contributed by atoms with Crippen LogP contribution in [-0.2, 0) is 16.2 Å². The third-order valence-electron chi connectivity index (χ3n) is 19.1. The number of hydrogen-bond acceptors (Lipinski definition) is 3. The second kappa shape index (κ2) is 11.4. The predicted octanol–water partition coefficient (Wildman–Crippen LogP) is 12.5. The maximum absolute atomic E-state index is 2.93. The average molecular weight is 814 g/mol. The molecule has 0 amide bonds. The fourth-order valence-corrected chi connectivity index (χ4v) is 16.0. The Labute approximate surface area is 372 Å². The van der Waals surface area contributed by atoms with Crippen LogP contribution in [0.3, 0.4) is 0 Å². The smallest absolute Gasteiger partial charge is 0.252 e. The second-order valence-corrected chi connectivity index (χ2v) is 21.3. The number of anilines is 7. The van der Waals surface area contributed by atoms with Crippen molar-refractivity contribution in [2.75, 3.05) is 14.7 Å². The maximum Gasteiger partial charge on any atom is 0.252 e. The van der Waals surface area contributed by atoms with Gasteiger partial charge in [-0.15, -0.1) is 0 Å². The van der Waals surface area contributed by atoms with Gasteiger partial charge in [0.1, 0.15) is 0 Å². The lowest BCUT2D eigenvalue weighted by Crippen LogP contribution is -2.66. The van der Waals surface area contributed by atoms with Gasteiger partial charge >= 0.3 is 0 Å². The molecule has 7 aromatic carbocycles. The van der Waals surface area contributed by atoms with Crippen LogP contribution in [-0.4, -0.2) is 17.8 Å². The highest BCUT2D eigenvalue weighted by Crippen LogP contribution is 2.67. The SMILES string of the molecule is CC12CCCCC1(C)N1c3cc(N4c5ccccc5C5(c6ccccc6-c6ccccc65)c5ccccc54)cc4c3B(c3cccc2c31)c1cccc2c1N4C1(C)CCCCC21C. The number of fused-ring (bicyclic) bond motifs is 19. The molecule has 0 aromatic heterocycles. The van der Waals surface area contributed by atoms with Crippen LogP contribution in [0.5, 0.6) is 0 Å². The van der Waals surface area contributed by atoms with Crippen LogP contribution in [0.2, 0.25) is 0 Å². The van der Waals surface area contributed by atoms with Gasteiger partial charge in [-0.25, -0.2) is 0 Å². The fourth-order valence-electron chi connectivity index (χ4n) is 16.0. The monoisotopic (exact) mass is 813 g/mol. The van der Waals surface area contributed by atoms with Crippen molar-refractivity contribution >= 4 is 62.9 Å². The normalized spacial score (nSPS) is 27.4. The molecule has 3 aliphatic carbocycles. The fraction of sp³-hybridized carbons (Fsp3) is 0.288. The summed E-state index contributed by atoms with van der Waals surface area (Å²) < 4.78 is 0. The van der Waals surface area contributed by atoms with E-state index in [4.69, 9.17) is 0 Å². The minimum absolute atomic E-state index is 0.0452. The first kappa shape index (κ1) is 35.5. The summed E-state index contributed by atoms with van der Waals surface area (Å²) in [6.45, 7) is 10.7. The van der Waals surface area contributed by atoms with Crippen LogP contribution in [0.1, 0.15) is 112 Å². The van der Waals surface area contributed by atoms with E-state index in [1.807, 2.05) is 0 Å². The molecule has 3 nitrogen and oxygen atoms in total. The second-order valence-electron chi connectivity index (χ2n) is 21.3. The highest BCUT2D eigenvalue weighted by Gasteiger charge is 2.65. The third kappa shape index (κ3) is 3.70. The number of benzene rings is 7. The molecule has 4 unspecified atom stereocenters. The van der Waals surface area contributed by atoms with Crippen LogP contribution in [0.25, 0.3) is 11.1 Å². The molecule has 7 aromatic rings. The Hall–Kier alpha value is -6.00. The van der Waals surface area contributed by atoms with Crippen LogP contribution in [0.4, 0.5) is 39.8 Å². The van der Waals surface area contributed by atoms with Gasteiger partial charge in [-0.2, -0.15) is 0 Å². The van der Waals surface area contributed by atoms with Gasteiger partial charge in [-0.1, -0.05) is 161 Å². The van der Waals surface area contributed by atoms with Crippen molar-refractivity contribution in [3.8, 4) is 11.1 Å². The van der Waals surface area contributed by atoms with Gasteiger partial charge in [0.15, 0.2) is 0 Å². The number of hydrogen-bond donors (Lipinski definition) is 0. The van der Waals surface area contributed by atoms with Gasteiger partial charge in [-0.3, -0.25) is 0 Å². The first-order valence-corrected chi connectivity index (χ1v) is 24.0. The zero-order valence-corrected chi connectivity index (χ0v) is 36.9. The van der Waals surface area contributed by atoms with E-state index in [-0.39, 0.29) is 28.6 Å². The molecule has 4 atom stereocenters. The zero-order valence-electron chi connectivity index (χ0n) is 36.9. The first-order valence-electron chi connectivity index (χ1n) is 24.0. The lowest BCUT2D eigenvalue weighted by atomic mass is 9.33. The molecule has 15 rings (SSSR count). The van der Waals surface area contributed by atoms with Crippen molar-refractivity contribution in [2.45, 2.75) is 106 Å². The summed E-state index contributed by atoms with van der Waals surface area (Å²) in [5.41, 5.74) is 25.1. The quantitative estimate of drug-likeness (QED) is 0.153. The summed E-state index contributed by atoms with van der Waals surface area (Å²) in [6, 6.07) is 57.4. The van der Waals surface area contributed by atoms with Crippen LogP contribution in [0.15, 0.2) is 146 Å². The Bertz CT molecular complexity index is 3010. The van der Waals surface area contributed by atoms with Crippen LogP contribution < -0.4 is 31.1 Å². The summed E-state index contributed by atoms with van der Waals surface area (Å²) in [6.07, 6.45) is 9.95. The van der Waals surface area contributed by atoms with Crippen LogP contribution >= 0.6 is 0 Å². The summed E-state index contributed by atoms with van der Waals surface area (Å²) in [4.78, 5) is 8.52. The predicted molar refractivity (Wildman–Crippen MR) is 262 cm³/mol. The van der Waals surface area contributed by atoms with Gasteiger partial charge in [0.25, 0.3) is 6.71 Å². The minimum atomic E-state index is -0.440. The van der Waals surface area contributed by atoms with E-state index in [1.54, 1.807) is 11.1 Å². The molecule has 2 saturated carbocycles. The van der Waals surface area contributed by atoms with E-state index >= 15 is 0 Å². The number of para-hydroxylation sites is 4. The molecule has 8 aliphatic rings. The highest BCUT2D eigenvalue weighted by molar-refractivity contribution is 7.00. The Morgan fingerprint density at radius 1 is 0.413 bits per heavy atom. The maximum atomic E-state index is 2.93. The first-order chi connectivity index (χ1) is 30.8. The molecule has 5 heterocycles. The van der Waals surface area contributed by atoms with E-state index in [9.17, 15) is 0 Å². The van der Waals surface area contributed by atoms with Crippen molar-refractivity contribution in [1.29, 1.82) is 0 Å². The topological polar surface area (TPSA) is 9.72 Å². The molecule has 63 heavy (non-hydrogen) atoms. The van der Waals surface area contributed by atoms with E-state index in [1.165, 1.54) is 141 Å². The van der Waals surface area contributed by atoms with Gasteiger partial charge in [0.05, 0.1) is 33.6 Å². The molecule has 4 heteroatoms. The van der Waals surface area contributed by atoms with Gasteiger partial charge in [0, 0.05) is 33.6 Å². The van der Waals surface area contributed by atoms with Crippen LogP contribution in [0, 0.1) is 0 Å². The Morgan fingerprint density at radius 3 is 1.32 bits per heavy atom. The Morgan fingerprint density at radius 2 is 0.825 bits per heavy atom. The molecular formula is C59H52BN3. The van der Waals surface area contributed by atoms with E-state index in [2.05, 4.69) is 188 Å². The van der Waals surface area contributed by atoms with Crippen molar-refractivity contribution in [3.63, 3.8) is 0 Å². The molecule has 0 bridgehead atoms. The lowest BCUT2D eigenvalue weighted by molar-refractivity contribution is 0.194. The van der Waals surface area contributed by atoms with E-state index in [0.717, 1.165) is 0 Å². The summed E-state index contributed by atoms with van der Waals surface area (Å²) in [5, 5.41) is 0. The zero-order chi connectivity index (χ0) is 41.8. The van der Waals surface area contributed by atoms with Gasteiger partial charge in [-0.05, 0) is 125 Å². The Kier molecular flexibility index (Phi) is 6.41. The average Bonchev–Trinajstić information content (AvgIpc) is 3.82. The minimum Gasteiger partial charge on any atom is -0.335 e. The van der Waals surface area contributed by atoms with E-state index in [0.29, 0.717) is 0 Å². The summed E-state index contributed by atoms with van der Waals surface area (Å²) in [7, 11) is 0. The van der Waals surface area contributed by atoms with Crippen molar-refractivity contribution in [1.82, 2.24) is 0 Å². The van der Waals surface area contributed by atoms with Crippen molar-refractivity contribution in [2.24, 2.45) is 0 Å². The molecule has 0 N–H and O–H groups in total. The highest BCUT2D eigenvalue weighted by atomic mass is 15.3. The summed E-state index contributed by atoms with van der Waals surface area (Å²) in [5.74, 6) is 0. The van der Waals surface area contributed by atoms with Crippen molar-refractivity contribution in [3.05, 3.63) is 179 Å². The van der Waals surface area contributed by atoms with Gasteiger partial charge < -0.3 is 14.7 Å². The summed E-state index contributed by atoms with van der Waals surface area (Å²) >= 11 is 0. The Balaban J connectivity index is 1.07. The third-order valence-corrected chi connectivity index (χ3v) is 19.1. The molecule has 0 saturated heterocycles. The molecule has 1 spiro atoms. The molecule has 5 aliphatic heterocycles. The largest absolute Gasteiger partial charge is 0.335 e. The standard InChI is InChI=1S/C59H52BN3/c1-55-31-13-15-33-57(55,3)62-50-35-37(61-48-29-11-9-23-42(48)59(43-24-10-12-30-49(43)61)40-21-7-5-19-38(40)39-20-6-8-22-41(39)59)36-51-52(50)60(46-27-17-25-44(55)53(46)62)47-28-18-26-45-54(47)63(51)58(4)34-16-14-32-56(45,58)2/h5-12,17-30,35-36H,13-16,31-34H2,1-4H3. The molecule has 0 radical (unpaired) electrons. The van der Waals surface area contributed by atoms with Crippen molar-refractivity contribution < 1.29 is 0 Å². The van der Waals surface area contributed by atoms with E-state index < -0.39 is 5.41 Å². The van der Waals surface area contributed by atoms with Gasteiger partial charge in [0.2, 0.25) is 0 Å². The molecular weight excluding hydrogens is 761 g/mol. The number of rotatable bonds is 1. The molecule has 2 fully saturated rings.